The van der Waals surface area contributed by atoms with Crippen LogP contribution < -0.4 is 5.32 Å². The van der Waals surface area contributed by atoms with Crippen molar-refractivity contribution in [1.29, 1.82) is 5.26 Å². The van der Waals surface area contributed by atoms with Gasteiger partial charge in [0.25, 0.3) is 0 Å². The minimum absolute atomic E-state index is 0.0662. The molecule has 1 unspecified atom stereocenters. The maximum atomic E-state index is 11.3. The highest BCUT2D eigenvalue weighted by atomic mass is 16.2. The Hall–Kier alpha value is -1.08. The number of hydrogen-bond donors (Lipinski definition) is 1. The molecule has 0 aliphatic heterocycles. The van der Waals surface area contributed by atoms with Crippen LogP contribution in [0.2, 0.25) is 0 Å². The summed E-state index contributed by atoms with van der Waals surface area (Å²) in [6, 6.07) is 1.85. The highest BCUT2D eigenvalue weighted by Gasteiger charge is 2.32. The Labute approximate surface area is 78.5 Å². The number of likely N-dealkylation sites (N-methyl/N-ethyl adjacent to an activating group) is 1. The molecule has 1 atom stereocenters. The lowest BCUT2D eigenvalue weighted by molar-refractivity contribution is -0.122. The van der Waals surface area contributed by atoms with Crippen LogP contribution in [0.4, 0.5) is 0 Å². The van der Waals surface area contributed by atoms with E-state index in [-0.39, 0.29) is 11.9 Å². The molecule has 1 N–H and O–H groups in total. The third kappa shape index (κ3) is 3.43. The zero-order valence-electron chi connectivity index (χ0n) is 8.08. The molecule has 0 heterocycles. The van der Waals surface area contributed by atoms with Crippen LogP contribution in [0, 0.1) is 17.2 Å². The van der Waals surface area contributed by atoms with Crippen LogP contribution in [0.25, 0.3) is 0 Å². The maximum Gasteiger partial charge on any atom is 0.235 e. The first-order valence-corrected chi connectivity index (χ1v) is 4.47. The van der Waals surface area contributed by atoms with Crippen LogP contribution in [-0.4, -0.2) is 37.5 Å². The molecule has 72 valence electrons. The molecule has 4 nitrogen and oxygen atoms in total. The molecule has 1 rings (SSSR count). The predicted octanol–water partition coefficient (Wildman–Crippen LogP) is -0.0336. The van der Waals surface area contributed by atoms with Gasteiger partial charge >= 0.3 is 0 Å². The van der Waals surface area contributed by atoms with E-state index < -0.39 is 0 Å². The second kappa shape index (κ2) is 4.24. The molecule has 0 aromatic heterocycles. The second-order valence-electron chi connectivity index (χ2n) is 3.75. The molecule has 1 aliphatic carbocycles. The topological polar surface area (TPSA) is 56.1 Å². The van der Waals surface area contributed by atoms with E-state index in [4.69, 9.17) is 5.26 Å². The quantitative estimate of drug-likeness (QED) is 0.662. The first-order chi connectivity index (χ1) is 6.13. The Bertz CT molecular complexity index is 228. The highest BCUT2D eigenvalue weighted by Crippen LogP contribution is 2.32. The molecule has 0 aromatic carbocycles. The van der Waals surface area contributed by atoms with Gasteiger partial charge in [-0.2, -0.15) is 5.26 Å². The third-order valence-corrected chi connectivity index (χ3v) is 2.01. The van der Waals surface area contributed by atoms with E-state index in [0.29, 0.717) is 12.5 Å². The lowest BCUT2D eigenvalue weighted by Crippen LogP contribution is -2.40. The maximum absolute atomic E-state index is 11.3. The Morgan fingerprint density at radius 2 is 2.31 bits per heavy atom. The summed E-state index contributed by atoms with van der Waals surface area (Å²) < 4.78 is 0. The molecule has 0 radical (unpaired) electrons. The summed E-state index contributed by atoms with van der Waals surface area (Å²) in [6.07, 6.45) is 2.14. The number of rotatable bonds is 4. The number of carbonyl (C=O) groups is 1. The summed E-state index contributed by atoms with van der Waals surface area (Å²) in [7, 11) is 3.66. The summed E-state index contributed by atoms with van der Waals surface area (Å²) in [5, 5.41) is 11.5. The Morgan fingerprint density at radius 3 is 2.69 bits per heavy atom. The second-order valence-corrected chi connectivity index (χ2v) is 3.75. The van der Waals surface area contributed by atoms with Gasteiger partial charge < -0.3 is 10.2 Å². The molecule has 0 saturated heterocycles. The summed E-state index contributed by atoms with van der Waals surface area (Å²) >= 11 is 0. The van der Waals surface area contributed by atoms with Crippen molar-refractivity contribution in [2.75, 3.05) is 20.6 Å². The molecule has 13 heavy (non-hydrogen) atoms. The van der Waals surface area contributed by atoms with Gasteiger partial charge in [0.15, 0.2) is 0 Å². The average Bonchev–Trinajstić information content (AvgIpc) is 2.81. The minimum Gasteiger partial charge on any atom is -0.339 e. The smallest absolute Gasteiger partial charge is 0.235 e. The van der Waals surface area contributed by atoms with Crippen LogP contribution in [0.15, 0.2) is 0 Å². The summed E-state index contributed by atoms with van der Waals surface area (Å²) in [5.74, 6) is 0.333. The molecule has 0 aromatic rings. The predicted molar refractivity (Wildman–Crippen MR) is 48.8 cm³/mol. The first kappa shape index (κ1) is 10.0. The van der Waals surface area contributed by atoms with Crippen molar-refractivity contribution >= 4 is 5.91 Å². The number of carbonyl (C=O) groups excluding carboxylic acids is 1. The zero-order chi connectivity index (χ0) is 9.84. The number of amides is 1. The van der Waals surface area contributed by atoms with Gasteiger partial charge in [0.1, 0.15) is 6.04 Å². The lowest BCUT2D eigenvalue weighted by atomic mass is 10.2. The van der Waals surface area contributed by atoms with E-state index in [0.717, 1.165) is 12.8 Å². The Morgan fingerprint density at radius 1 is 1.69 bits per heavy atom. The molecular weight excluding hydrogens is 166 g/mol. The molecular formula is C9H15N3O. The molecule has 0 spiro atoms. The van der Waals surface area contributed by atoms with E-state index in [1.807, 2.05) is 14.1 Å². The summed E-state index contributed by atoms with van der Waals surface area (Å²) in [5.41, 5.74) is 0. The van der Waals surface area contributed by atoms with E-state index in [9.17, 15) is 4.79 Å². The zero-order valence-corrected chi connectivity index (χ0v) is 8.08. The van der Waals surface area contributed by atoms with Gasteiger partial charge in [0, 0.05) is 0 Å². The van der Waals surface area contributed by atoms with Gasteiger partial charge in [0.05, 0.1) is 12.6 Å². The van der Waals surface area contributed by atoms with Crippen molar-refractivity contribution in [1.82, 2.24) is 10.2 Å². The van der Waals surface area contributed by atoms with Gasteiger partial charge in [-0.15, -0.1) is 0 Å². The molecule has 1 fully saturated rings. The van der Waals surface area contributed by atoms with Crippen LogP contribution in [0.3, 0.4) is 0 Å². The number of nitrogens with zero attached hydrogens (tertiary/aromatic N) is 2. The minimum atomic E-state index is -0.271. The van der Waals surface area contributed by atoms with Crippen LogP contribution in [-0.2, 0) is 4.79 Å². The van der Waals surface area contributed by atoms with Gasteiger partial charge in [0.2, 0.25) is 5.91 Å². The van der Waals surface area contributed by atoms with E-state index in [1.54, 1.807) is 4.90 Å². The van der Waals surface area contributed by atoms with Crippen molar-refractivity contribution < 1.29 is 4.79 Å². The van der Waals surface area contributed by atoms with Gasteiger partial charge in [-0.25, -0.2) is 0 Å². The van der Waals surface area contributed by atoms with Crippen molar-refractivity contribution in [2.45, 2.75) is 18.9 Å². The van der Waals surface area contributed by atoms with Crippen LogP contribution >= 0.6 is 0 Å². The standard InChI is InChI=1S/C9H15N3O/c1-12(2)6-9(13)11-8(5-10)7-3-4-7/h7-8H,3-4,6H2,1-2H3,(H,11,13). The summed E-state index contributed by atoms with van der Waals surface area (Å²) in [6.45, 7) is 0.352. The van der Waals surface area contributed by atoms with Gasteiger partial charge in [-0.05, 0) is 32.9 Å². The van der Waals surface area contributed by atoms with Crippen LogP contribution in [0.5, 0.6) is 0 Å². The molecule has 0 bridgehead atoms. The highest BCUT2D eigenvalue weighted by molar-refractivity contribution is 5.78. The molecule has 1 aliphatic rings. The first-order valence-electron chi connectivity index (χ1n) is 4.47. The van der Waals surface area contributed by atoms with Gasteiger partial charge in [-0.3, -0.25) is 4.79 Å². The Kier molecular flexibility index (Phi) is 3.26. The van der Waals surface area contributed by atoms with Crippen molar-refractivity contribution in [3.8, 4) is 6.07 Å². The van der Waals surface area contributed by atoms with E-state index >= 15 is 0 Å². The van der Waals surface area contributed by atoms with Crippen molar-refractivity contribution in [3.63, 3.8) is 0 Å². The number of nitriles is 1. The normalized spacial score (nSPS) is 18.0. The van der Waals surface area contributed by atoms with Crippen molar-refractivity contribution in [3.05, 3.63) is 0 Å². The van der Waals surface area contributed by atoms with Gasteiger partial charge in [-0.1, -0.05) is 0 Å². The lowest BCUT2D eigenvalue weighted by Gasteiger charge is -2.13. The van der Waals surface area contributed by atoms with E-state index in [1.165, 1.54) is 0 Å². The fourth-order valence-corrected chi connectivity index (χ4v) is 1.19. The third-order valence-electron chi connectivity index (χ3n) is 2.01. The fraction of sp³-hybridized carbons (Fsp3) is 0.778. The Balaban J connectivity index is 2.29. The SMILES string of the molecule is CN(C)CC(=O)NC(C#N)C1CC1. The summed E-state index contributed by atoms with van der Waals surface area (Å²) in [4.78, 5) is 13.0. The molecule has 1 amide bonds. The van der Waals surface area contributed by atoms with Crippen molar-refractivity contribution in [2.24, 2.45) is 5.92 Å². The number of nitrogens with one attached hydrogen (secondary N) is 1. The largest absolute Gasteiger partial charge is 0.339 e. The van der Waals surface area contributed by atoms with E-state index in [2.05, 4.69) is 11.4 Å². The van der Waals surface area contributed by atoms with Crippen LogP contribution in [0.1, 0.15) is 12.8 Å². The fourth-order valence-electron chi connectivity index (χ4n) is 1.19. The molecule has 1 saturated carbocycles. The number of hydrogen-bond acceptors (Lipinski definition) is 3. The monoisotopic (exact) mass is 181 g/mol. The molecule has 4 heteroatoms. The average molecular weight is 181 g/mol.